The monoisotopic (exact) mass is 432 g/mol. The fourth-order valence-corrected chi connectivity index (χ4v) is 4.79. The van der Waals surface area contributed by atoms with E-state index in [1.54, 1.807) is 17.4 Å². The van der Waals surface area contributed by atoms with Crippen LogP contribution in [0.5, 0.6) is 0 Å². The van der Waals surface area contributed by atoms with Crippen LogP contribution in [0.4, 0.5) is 11.5 Å². The van der Waals surface area contributed by atoms with E-state index in [0.29, 0.717) is 18.1 Å². The van der Waals surface area contributed by atoms with Gasteiger partial charge >= 0.3 is 0 Å². The molecule has 1 aliphatic rings. The highest BCUT2D eigenvalue weighted by Gasteiger charge is 2.20. The minimum Gasteiger partial charge on any atom is -0.381 e. The van der Waals surface area contributed by atoms with Crippen LogP contribution < -0.4 is 16.4 Å². The maximum atomic E-state index is 11.9. The van der Waals surface area contributed by atoms with Gasteiger partial charge in [-0.25, -0.2) is 4.98 Å². The number of anilines is 2. The molecule has 4 aromatic rings. The van der Waals surface area contributed by atoms with E-state index in [0.717, 1.165) is 59.6 Å². The summed E-state index contributed by atoms with van der Waals surface area (Å²) in [5.41, 5.74) is 9.94. The van der Waals surface area contributed by atoms with Crippen LogP contribution in [-0.2, 0) is 13.0 Å². The molecule has 0 saturated heterocycles. The Morgan fingerprint density at radius 1 is 1.26 bits per heavy atom. The van der Waals surface area contributed by atoms with Gasteiger partial charge in [0.1, 0.15) is 0 Å². The number of hydrogen-bond donors (Lipinski definition) is 3. The van der Waals surface area contributed by atoms with E-state index < -0.39 is 5.91 Å². The largest absolute Gasteiger partial charge is 0.381 e. The van der Waals surface area contributed by atoms with Gasteiger partial charge in [0.25, 0.3) is 0 Å². The molecule has 0 fully saturated rings. The lowest BCUT2D eigenvalue weighted by molar-refractivity contribution is 0.100. The molecule has 0 aliphatic carbocycles. The van der Waals surface area contributed by atoms with Crippen LogP contribution >= 0.6 is 11.3 Å². The number of hydrogen-bond acceptors (Lipinski definition) is 6. The lowest BCUT2D eigenvalue weighted by atomic mass is 10.1. The minimum absolute atomic E-state index is 0.437. The van der Waals surface area contributed by atoms with Crippen molar-refractivity contribution in [2.24, 2.45) is 5.73 Å². The Labute approximate surface area is 184 Å². The predicted octanol–water partition coefficient (Wildman–Crippen LogP) is 4.25. The van der Waals surface area contributed by atoms with Crippen LogP contribution in [0.15, 0.2) is 41.8 Å². The lowest BCUT2D eigenvalue weighted by Crippen LogP contribution is -2.13. The third-order valence-electron chi connectivity index (χ3n) is 5.62. The molecule has 7 nitrogen and oxygen atoms in total. The average Bonchev–Trinajstić information content (AvgIpc) is 3.32. The number of thiophene rings is 1. The van der Waals surface area contributed by atoms with Crippen molar-refractivity contribution >= 4 is 39.7 Å². The second-order valence-corrected chi connectivity index (χ2v) is 8.77. The smallest absolute Gasteiger partial charge is 0.249 e. The topological polar surface area (TPSA) is 97.9 Å². The van der Waals surface area contributed by atoms with Gasteiger partial charge in [-0.05, 0) is 55.8 Å². The zero-order chi connectivity index (χ0) is 21.4. The maximum Gasteiger partial charge on any atom is 0.249 e. The van der Waals surface area contributed by atoms with Crippen LogP contribution in [0.25, 0.3) is 16.9 Å². The van der Waals surface area contributed by atoms with E-state index in [1.165, 1.54) is 4.88 Å². The molecule has 0 saturated carbocycles. The molecule has 8 heteroatoms. The number of fused-ring (bicyclic) bond motifs is 2. The van der Waals surface area contributed by atoms with Crippen molar-refractivity contribution in [3.63, 3.8) is 0 Å². The Bertz CT molecular complexity index is 1260. The molecule has 158 valence electrons. The first-order valence-corrected chi connectivity index (χ1v) is 11.3. The lowest BCUT2D eigenvalue weighted by Gasteiger charge is -2.17. The number of nitrogens with zero attached hydrogens (tertiary/aromatic N) is 3. The van der Waals surface area contributed by atoms with Crippen LogP contribution in [-0.4, -0.2) is 27.0 Å². The number of nitrogens with two attached hydrogens (primary N) is 1. The standard InChI is InChI=1S/C23H24N6OS/c1-14-12-17-16(21(24)30)7-4-9-19(17)29(14)23-27-18-8-2-3-10-25-20(18)22(28-23)26-13-15-6-5-11-31-15/h4-7,9,11-12,25H,2-3,8,10,13H2,1H3,(H2,24,30)(H,26,27,28). The maximum absolute atomic E-state index is 11.9. The van der Waals surface area contributed by atoms with Crippen molar-refractivity contribution < 1.29 is 4.79 Å². The number of aryl methyl sites for hydroxylation is 2. The molecule has 0 atom stereocenters. The Morgan fingerprint density at radius 2 is 2.16 bits per heavy atom. The summed E-state index contributed by atoms with van der Waals surface area (Å²) in [6.07, 6.45) is 3.08. The summed E-state index contributed by atoms with van der Waals surface area (Å²) in [5, 5.41) is 9.92. The van der Waals surface area contributed by atoms with Gasteiger partial charge in [-0.1, -0.05) is 12.1 Å². The van der Waals surface area contributed by atoms with Crippen molar-refractivity contribution in [3.05, 3.63) is 63.6 Å². The molecule has 1 amide bonds. The molecule has 31 heavy (non-hydrogen) atoms. The molecule has 0 bridgehead atoms. The number of amides is 1. The third kappa shape index (κ3) is 3.63. The summed E-state index contributed by atoms with van der Waals surface area (Å²) >= 11 is 1.72. The minimum atomic E-state index is -0.437. The zero-order valence-corrected chi connectivity index (χ0v) is 18.1. The summed E-state index contributed by atoms with van der Waals surface area (Å²) in [5.74, 6) is 0.973. The summed E-state index contributed by atoms with van der Waals surface area (Å²) in [6, 6.07) is 11.7. The van der Waals surface area contributed by atoms with E-state index in [-0.39, 0.29) is 0 Å². The van der Waals surface area contributed by atoms with Gasteiger partial charge in [0, 0.05) is 28.1 Å². The predicted molar refractivity (Wildman–Crippen MR) is 125 cm³/mol. The first-order chi connectivity index (χ1) is 15.1. The van der Waals surface area contributed by atoms with Crippen LogP contribution in [0.3, 0.4) is 0 Å². The van der Waals surface area contributed by atoms with E-state index in [4.69, 9.17) is 15.7 Å². The second-order valence-electron chi connectivity index (χ2n) is 7.73. The number of rotatable bonds is 5. The summed E-state index contributed by atoms with van der Waals surface area (Å²) in [4.78, 5) is 23.0. The van der Waals surface area contributed by atoms with E-state index in [9.17, 15) is 4.79 Å². The van der Waals surface area contributed by atoms with Gasteiger partial charge in [0.05, 0.1) is 23.4 Å². The molecular weight excluding hydrogens is 408 g/mol. The summed E-state index contributed by atoms with van der Waals surface area (Å²) in [7, 11) is 0. The quantitative estimate of drug-likeness (QED) is 0.438. The van der Waals surface area contributed by atoms with Crippen LogP contribution in [0, 0.1) is 6.92 Å². The Hall–Kier alpha value is -3.39. The van der Waals surface area contributed by atoms with Crippen molar-refractivity contribution in [2.45, 2.75) is 32.7 Å². The number of carbonyl (C=O) groups is 1. The van der Waals surface area contributed by atoms with Gasteiger partial charge < -0.3 is 16.4 Å². The first-order valence-electron chi connectivity index (χ1n) is 10.4. The molecule has 4 N–H and O–H groups in total. The number of primary amides is 1. The Kier molecular flexibility index (Phi) is 5.07. The van der Waals surface area contributed by atoms with E-state index >= 15 is 0 Å². The highest BCUT2D eigenvalue weighted by atomic mass is 32.1. The third-order valence-corrected chi connectivity index (χ3v) is 6.50. The number of benzene rings is 1. The van der Waals surface area contributed by atoms with Gasteiger partial charge in [-0.15, -0.1) is 11.3 Å². The molecule has 4 heterocycles. The highest BCUT2D eigenvalue weighted by Crippen LogP contribution is 2.31. The molecule has 1 aromatic carbocycles. The average molecular weight is 433 g/mol. The molecule has 0 spiro atoms. The van der Waals surface area contributed by atoms with Gasteiger partial charge in [0.2, 0.25) is 11.9 Å². The number of nitrogens with one attached hydrogen (secondary N) is 2. The van der Waals surface area contributed by atoms with Crippen molar-refractivity contribution in [2.75, 3.05) is 17.2 Å². The van der Waals surface area contributed by atoms with Gasteiger partial charge in [-0.3, -0.25) is 9.36 Å². The fourth-order valence-electron chi connectivity index (χ4n) is 4.15. The van der Waals surface area contributed by atoms with E-state index in [1.807, 2.05) is 29.7 Å². The van der Waals surface area contributed by atoms with E-state index in [2.05, 4.69) is 28.1 Å². The first kappa shape index (κ1) is 19.6. The van der Waals surface area contributed by atoms with Crippen LogP contribution in [0.1, 0.15) is 39.5 Å². The molecule has 0 radical (unpaired) electrons. The second kappa shape index (κ2) is 8.03. The molecule has 0 unspecified atom stereocenters. The Morgan fingerprint density at radius 3 is 2.97 bits per heavy atom. The van der Waals surface area contributed by atoms with Crippen molar-refractivity contribution in [3.8, 4) is 5.95 Å². The number of carbonyl (C=O) groups excluding carboxylic acids is 1. The van der Waals surface area contributed by atoms with Gasteiger partial charge in [0.15, 0.2) is 5.82 Å². The Balaban J connectivity index is 1.65. The van der Waals surface area contributed by atoms with Crippen molar-refractivity contribution in [1.29, 1.82) is 0 Å². The fraction of sp³-hybridized carbons (Fsp3) is 0.261. The SMILES string of the molecule is Cc1cc2c(C(N)=O)cccc2n1-c1nc2c(c(NCc3cccs3)n1)NCCCC2. The normalized spacial score (nSPS) is 13.5. The molecule has 1 aliphatic heterocycles. The van der Waals surface area contributed by atoms with Gasteiger partial charge in [-0.2, -0.15) is 4.98 Å². The summed E-state index contributed by atoms with van der Waals surface area (Å²) < 4.78 is 2.00. The molecule has 3 aromatic heterocycles. The van der Waals surface area contributed by atoms with Crippen molar-refractivity contribution in [1.82, 2.24) is 14.5 Å². The van der Waals surface area contributed by atoms with Crippen LogP contribution in [0.2, 0.25) is 0 Å². The summed E-state index contributed by atoms with van der Waals surface area (Å²) in [6.45, 7) is 3.62. The molecule has 5 rings (SSSR count). The number of aromatic nitrogens is 3. The highest BCUT2D eigenvalue weighted by molar-refractivity contribution is 7.09. The zero-order valence-electron chi connectivity index (χ0n) is 17.3. The molecular formula is C23H24N6OS.